The number of rotatable bonds is 4. The number of nitrogens with two attached hydrogens (primary N) is 1. The summed E-state index contributed by atoms with van der Waals surface area (Å²) < 4.78 is 0. The minimum absolute atomic E-state index is 0.0500. The van der Waals surface area contributed by atoms with Gasteiger partial charge in [-0.2, -0.15) is 5.10 Å². The number of nitrogens with one attached hydrogen (secondary N) is 1. The first-order valence-corrected chi connectivity index (χ1v) is 6.62. The summed E-state index contributed by atoms with van der Waals surface area (Å²) in [5.74, 6) is 0.412. The molecule has 2 aromatic rings. The molecule has 0 saturated carbocycles. The Morgan fingerprint density at radius 2 is 2.26 bits per heavy atom. The van der Waals surface area contributed by atoms with Crippen molar-refractivity contribution in [1.29, 1.82) is 0 Å². The van der Waals surface area contributed by atoms with E-state index >= 15 is 0 Å². The maximum Gasteiger partial charge on any atom is 0.205 e. The number of anilines is 2. The van der Waals surface area contributed by atoms with Crippen LogP contribution < -0.4 is 11.2 Å². The first-order valence-electron chi connectivity index (χ1n) is 5.21. The zero-order valence-electron chi connectivity index (χ0n) is 9.67. The molecular formula is C11H11ClN4O2S. The molecule has 0 saturated heterocycles. The average molecular weight is 299 g/mol. The molecule has 6 nitrogen and oxygen atoms in total. The Kier molecular flexibility index (Phi) is 4.08. The molecule has 5 N–H and O–H groups in total. The third-order valence-electron chi connectivity index (χ3n) is 2.25. The van der Waals surface area contributed by atoms with Crippen LogP contribution in [0.25, 0.3) is 0 Å². The van der Waals surface area contributed by atoms with Crippen molar-refractivity contribution in [3.05, 3.63) is 28.6 Å². The largest absolute Gasteiger partial charge is 0.508 e. The normalized spacial score (nSPS) is 11.0. The molecule has 0 aliphatic carbocycles. The minimum Gasteiger partial charge on any atom is -0.508 e. The van der Waals surface area contributed by atoms with Crippen molar-refractivity contribution >= 4 is 40.1 Å². The number of hydrogen-bond acceptors (Lipinski definition) is 7. The maximum atomic E-state index is 9.73. The van der Waals surface area contributed by atoms with E-state index in [2.05, 4.69) is 15.5 Å². The van der Waals surface area contributed by atoms with E-state index in [0.717, 1.165) is 0 Å². The third-order valence-corrected chi connectivity index (χ3v) is 3.30. The SMILES string of the molecule is Nc1csc(NN=Cc2c(O)cc(O)cc2CCl)n1. The molecule has 0 radical (unpaired) electrons. The molecule has 100 valence electrons. The van der Waals surface area contributed by atoms with Gasteiger partial charge >= 0.3 is 0 Å². The molecule has 8 heteroatoms. The quantitative estimate of drug-likeness (QED) is 0.394. The van der Waals surface area contributed by atoms with E-state index in [9.17, 15) is 10.2 Å². The van der Waals surface area contributed by atoms with E-state index < -0.39 is 0 Å². The Morgan fingerprint density at radius 3 is 2.89 bits per heavy atom. The van der Waals surface area contributed by atoms with Crippen LogP contribution in [0.1, 0.15) is 11.1 Å². The van der Waals surface area contributed by atoms with Crippen molar-refractivity contribution in [2.24, 2.45) is 5.10 Å². The number of halogens is 1. The van der Waals surface area contributed by atoms with Gasteiger partial charge in [-0.1, -0.05) is 0 Å². The molecule has 0 aliphatic rings. The van der Waals surface area contributed by atoms with Gasteiger partial charge in [0.1, 0.15) is 17.3 Å². The summed E-state index contributed by atoms with van der Waals surface area (Å²) in [7, 11) is 0. The highest BCUT2D eigenvalue weighted by Gasteiger charge is 2.07. The highest BCUT2D eigenvalue weighted by atomic mass is 35.5. The van der Waals surface area contributed by atoms with E-state index in [4.69, 9.17) is 17.3 Å². The lowest BCUT2D eigenvalue weighted by molar-refractivity contribution is 0.449. The molecular weight excluding hydrogens is 288 g/mol. The van der Waals surface area contributed by atoms with E-state index in [1.807, 2.05) is 0 Å². The lowest BCUT2D eigenvalue weighted by Gasteiger charge is -2.05. The summed E-state index contributed by atoms with van der Waals surface area (Å²) in [6.07, 6.45) is 1.41. The number of alkyl halides is 1. The van der Waals surface area contributed by atoms with Crippen molar-refractivity contribution in [1.82, 2.24) is 4.98 Å². The van der Waals surface area contributed by atoms with E-state index in [-0.39, 0.29) is 17.4 Å². The van der Waals surface area contributed by atoms with Gasteiger partial charge in [-0.05, 0) is 11.6 Å². The summed E-state index contributed by atoms with van der Waals surface area (Å²) in [5.41, 5.74) is 9.16. The second-order valence-corrected chi connectivity index (χ2v) is 4.74. The molecule has 0 atom stereocenters. The average Bonchev–Trinajstić information content (AvgIpc) is 2.77. The fraction of sp³-hybridized carbons (Fsp3) is 0.0909. The Labute approximate surface area is 118 Å². The number of hydrogen-bond donors (Lipinski definition) is 4. The first-order chi connectivity index (χ1) is 9.10. The van der Waals surface area contributed by atoms with Crippen LogP contribution in [0, 0.1) is 0 Å². The van der Waals surface area contributed by atoms with Crippen molar-refractivity contribution in [3.8, 4) is 11.5 Å². The molecule has 0 bridgehead atoms. The highest BCUT2D eigenvalue weighted by Crippen LogP contribution is 2.27. The van der Waals surface area contributed by atoms with E-state index in [0.29, 0.717) is 22.1 Å². The second kappa shape index (κ2) is 5.77. The van der Waals surface area contributed by atoms with Gasteiger partial charge in [-0.3, -0.25) is 5.43 Å². The molecule has 0 aliphatic heterocycles. The highest BCUT2D eigenvalue weighted by molar-refractivity contribution is 7.14. The molecule has 0 fully saturated rings. The molecule has 1 heterocycles. The summed E-state index contributed by atoms with van der Waals surface area (Å²) in [6, 6.07) is 2.69. The Morgan fingerprint density at radius 1 is 1.47 bits per heavy atom. The number of nitrogen functional groups attached to an aromatic ring is 1. The summed E-state index contributed by atoms with van der Waals surface area (Å²) in [5, 5.41) is 25.3. The molecule has 0 unspecified atom stereocenters. The van der Waals surface area contributed by atoms with Crippen LogP contribution in [-0.2, 0) is 5.88 Å². The Bertz CT molecular complexity index is 615. The topological polar surface area (TPSA) is 104 Å². The maximum absolute atomic E-state index is 9.73. The predicted octanol–water partition coefficient (Wildman–Crippen LogP) is 2.32. The van der Waals surface area contributed by atoms with Gasteiger partial charge in [0.15, 0.2) is 0 Å². The minimum atomic E-state index is -0.0974. The molecule has 2 rings (SSSR count). The van der Waals surface area contributed by atoms with Crippen molar-refractivity contribution in [3.63, 3.8) is 0 Å². The lowest BCUT2D eigenvalue weighted by Crippen LogP contribution is -1.95. The van der Waals surface area contributed by atoms with Crippen molar-refractivity contribution < 1.29 is 10.2 Å². The van der Waals surface area contributed by atoms with Gasteiger partial charge in [-0.15, -0.1) is 22.9 Å². The van der Waals surface area contributed by atoms with Crippen LogP contribution in [0.5, 0.6) is 11.5 Å². The van der Waals surface area contributed by atoms with Gasteiger partial charge < -0.3 is 15.9 Å². The van der Waals surface area contributed by atoms with E-state index in [1.54, 1.807) is 5.38 Å². The second-order valence-electron chi connectivity index (χ2n) is 3.62. The fourth-order valence-corrected chi connectivity index (χ4v) is 2.20. The molecule has 0 amide bonds. The Hall–Kier alpha value is -1.99. The Balaban J connectivity index is 2.18. The zero-order chi connectivity index (χ0) is 13.8. The van der Waals surface area contributed by atoms with Crippen molar-refractivity contribution in [2.45, 2.75) is 5.88 Å². The summed E-state index contributed by atoms with van der Waals surface area (Å²) in [6.45, 7) is 0. The van der Waals surface area contributed by atoms with Crippen molar-refractivity contribution in [2.75, 3.05) is 11.2 Å². The van der Waals surface area contributed by atoms with Crippen LogP contribution in [0.3, 0.4) is 0 Å². The number of phenols is 2. The number of aromatic nitrogens is 1. The number of hydrazone groups is 1. The molecule has 1 aromatic heterocycles. The number of benzene rings is 1. The summed E-state index contributed by atoms with van der Waals surface area (Å²) >= 11 is 7.06. The van der Waals surface area contributed by atoms with Crippen LogP contribution in [0.2, 0.25) is 0 Å². The molecule has 1 aromatic carbocycles. The van der Waals surface area contributed by atoms with E-state index in [1.165, 1.54) is 29.7 Å². The van der Waals surface area contributed by atoms with Gasteiger partial charge in [0.2, 0.25) is 5.13 Å². The van der Waals surface area contributed by atoms with Gasteiger partial charge in [0.25, 0.3) is 0 Å². The fourth-order valence-electron chi connectivity index (χ4n) is 1.43. The van der Waals surface area contributed by atoms with Crippen LogP contribution in [-0.4, -0.2) is 21.4 Å². The van der Waals surface area contributed by atoms with Gasteiger partial charge in [0.05, 0.1) is 6.21 Å². The zero-order valence-corrected chi connectivity index (χ0v) is 11.2. The van der Waals surface area contributed by atoms with Crippen LogP contribution in [0.15, 0.2) is 22.6 Å². The lowest BCUT2D eigenvalue weighted by atomic mass is 10.1. The molecule has 0 spiro atoms. The number of nitrogens with zero attached hydrogens (tertiary/aromatic N) is 2. The standard InChI is InChI=1S/C11H11ClN4O2S/c12-3-6-1-7(17)2-9(18)8(6)4-14-16-11-15-10(13)5-19-11/h1-2,4-5,17-18H,3,13H2,(H,15,16). The third kappa shape index (κ3) is 3.27. The summed E-state index contributed by atoms with van der Waals surface area (Å²) in [4.78, 5) is 3.96. The predicted molar refractivity (Wildman–Crippen MR) is 77.1 cm³/mol. The molecule has 19 heavy (non-hydrogen) atoms. The van der Waals surface area contributed by atoms with Gasteiger partial charge in [0, 0.05) is 22.9 Å². The number of phenolic OH excluding ortho intramolecular Hbond substituents is 2. The monoisotopic (exact) mass is 298 g/mol. The smallest absolute Gasteiger partial charge is 0.205 e. The number of aromatic hydroxyl groups is 2. The van der Waals surface area contributed by atoms with Crippen LogP contribution in [0.4, 0.5) is 10.9 Å². The number of thiazole rings is 1. The van der Waals surface area contributed by atoms with Crippen LogP contribution >= 0.6 is 22.9 Å². The first kappa shape index (κ1) is 13.4. The van der Waals surface area contributed by atoms with Gasteiger partial charge in [-0.25, -0.2) is 4.98 Å².